The average molecular weight is 262 g/mol. The first-order valence-electron chi connectivity index (χ1n) is 6.80. The van der Waals surface area contributed by atoms with Crippen molar-refractivity contribution in [2.45, 2.75) is 25.8 Å². The van der Waals surface area contributed by atoms with Crippen molar-refractivity contribution in [2.24, 2.45) is 11.7 Å². The predicted octanol–water partition coefficient (Wildman–Crippen LogP) is 1.00. The van der Waals surface area contributed by atoms with Gasteiger partial charge in [-0.2, -0.15) is 0 Å². The van der Waals surface area contributed by atoms with Crippen LogP contribution in [0.5, 0.6) is 0 Å². The van der Waals surface area contributed by atoms with Crippen molar-refractivity contribution in [3.63, 3.8) is 0 Å². The molecule has 1 aliphatic heterocycles. The minimum Gasteiger partial charge on any atom is -0.367 e. The summed E-state index contributed by atoms with van der Waals surface area (Å²) in [5.74, 6) is 0.557. The average Bonchev–Trinajstić information content (AvgIpc) is 2.46. The molecule has 0 aliphatic carbocycles. The molecule has 1 amide bonds. The molecule has 5 heteroatoms. The Bertz CT molecular complexity index is 449. The number of nitrogens with zero attached hydrogens (tertiary/aromatic N) is 2. The van der Waals surface area contributed by atoms with Crippen LogP contribution in [0.4, 0.5) is 5.69 Å². The molecule has 104 valence electrons. The molecule has 2 heterocycles. The third-order valence-corrected chi connectivity index (χ3v) is 3.78. The number of aromatic nitrogens is 1. The van der Waals surface area contributed by atoms with E-state index in [1.807, 2.05) is 12.1 Å². The molecule has 2 rings (SSSR count). The van der Waals surface area contributed by atoms with Crippen LogP contribution < -0.4 is 16.0 Å². The molecular weight excluding hydrogens is 240 g/mol. The summed E-state index contributed by atoms with van der Waals surface area (Å²) in [5, 5.41) is 2.60. The maximum Gasteiger partial charge on any atom is 0.269 e. The first kappa shape index (κ1) is 13.8. The number of pyridine rings is 1. The van der Waals surface area contributed by atoms with E-state index in [0.717, 1.165) is 25.1 Å². The summed E-state index contributed by atoms with van der Waals surface area (Å²) < 4.78 is 0. The number of piperidine rings is 1. The molecule has 2 unspecified atom stereocenters. The van der Waals surface area contributed by atoms with Gasteiger partial charge in [-0.05, 0) is 30.9 Å². The number of carbonyl (C=O) groups is 1. The lowest BCUT2D eigenvalue weighted by Crippen LogP contribution is -2.46. The van der Waals surface area contributed by atoms with Crippen LogP contribution in [0.2, 0.25) is 0 Å². The van der Waals surface area contributed by atoms with Gasteiger partial charge in [-0.15, -0.1) is 0 Å². The number of nitrogens with one attached hydrogen (secondary N) is 1. The molecule has 1 aromatic rings. The lowest BCUT2D eigenvalue weighted by atomic mass is 9.92. The first-order chi connectivity index (χ1) is 9.15. The van der Waals surface area contributed by atoms with Gasteiger partial charge >= 0.3 is 0 Å². The quantitative estimate of drug-likeness (QED) is 0.852. The lowest BCUT2D eigenvalue weighted by Gasteiger charge is -2.39. The number of hydrogen-bond acceptors (Lipinski definition) is 4. The van der Waals surface area contributed by atoms with Gasteiger partial charge in [-0.25, -0.2) is 0 Å². The summed E-state index contributed by atoms with van der Waals surface area (Å²) in [7, 11) is 1.61. The van der Waals surface area contributed by atoms with Crippen LogP contribution in [-0.2, 0) is 0 Å². The Morgan fingerprint density at radius 1 is 1.63 bits per heavy atom. The zero-order valence-corrected chi connectivity index (χ0v) is 11.6. The highest BCUT2D eigenvalue weighted by molar-refractivity contribution is 5.92. The Morgan fingerprint density at radius 2 is 2.42 bits per heavy atom. The molecule has 2 atom stereocenters. The van der Waals surface area contributed by atoms with Gasteiger partial charge in [0.2, 0.25) is 0 Å². The monoisotopic (exact) mass is 262 g/mol. The summed E-state index contributed by atoms with van der Waals surface area (Å²) in [4.78, 5) is 18.0. The Balaban J connectivity index is 2.23. The summed E-state index contributed by atoms with van der Waals surface area (Å²) in [6, 6.07) is 4.14. The van der Waals surface area contributed by atoms with Crippen LogP contribution in [0.1, 0.15) is 30.3 Å². The molecule has 1 fully saturated rings. The van der Waals surface area contributed by atoms with E-state index >= 15 is 0 Å². The van der Waals surface area contributed by atoms with Crippen LogP contribution >= 0.6 is 0 Å². The van der Waals surface area contributed by atoms with E-state index in [1.54, 1.807) is 13.2 Å². The fourth-order valence-electron chi connectivity index (χ4n) is 2.67. The van der Waals surface area contributed by atoms with Gasteiger partial charge in [0, 0.05) is 38.1 Å². The zero-order chi connectivity index (χ0) is 13.8. The summed E-state index contributed by atoms with van der Waals surface area (Å²) >= 11 is 0. The van der Waals surface area contributed by atoms with E-state index in [1.165, 1.54) is 0 Å². The highest BCUT2D eigenvalue weighted by Gasteiger charge is 2.25. The maximum atomic E-state index is 11.6. The van der Waals surface area contributed by atoms with Crippen molar-refractivity contribution in [3.05, 3.63) is 24.0 Å². The Labute approximate surface area is 114 Å². The SMILES string of the molecule is CNC(=O)c1cc(N2CCC(C)CC2CN)ccn1. The van der Waals surface area contributed by atoms with Gasteiger partial charge in [-0.3, -0.25) is 9.78 Å². The minimum atomic E-state index is -0.156. The number of carbonyl (C=O) groups excluding carboxylic acids is 1. The topological polar surface area (TPSA) is 71.2 Å². The molecule has 1 aliphatic rings. The van der Waals surface area contributed by atoms with Gasteiger partial charge in [0.15, 0.2) is 0 Å². The second-order valence-corrected chi connectivity index (χ2v) is 5.19. The molecule has 19 heavy (non-hydrogen) atoms. The summed E-state index contributed by atoms with van der Waals surface area (Å²) in [6.07, 6.45) is 3.95. The van der Waals surface area contributed by atoms with Crippen LogP contribution in [-0.4, -0.2) is 37.1 Å². The van der Waals surface area contributed by atoms with Crippen LogP contribution in [0.3, 0.4) is 0 Å². The van der Waals surface area contributed by atoms with Crippen molar-refractivity contribution in [1.29, 1.82) is 0 Å². The smallest absolute Gasteiger partial charge is 0.269 e. The van der Waals surface area contributed by atoms with Crippen molar-refractivity contribution in [3.8, 4) is 0 Å². The van der Waals surface area contributed by atoms with E-state index in [9.17, 15) is 4.79 Å². The van der Waals surface area contributed by atoms with E-state index in [4.69, 9.17) is 5.73 Å². The van der Waals surface area contributed by atoms with Crippen molar-refractivity contribution < 1.29 is 4.79 Å². The molecule has 0 saturated carbocycles. The van der Waals surface area contributed by atoms with Gasteiger partial charge in [0.05, 0.1) is 0 Å². The molecule has 0 spiro atoms. The molecule has 1 saturated heterocycles. The third-order valence-electron chi connectivity index (χ3n) is 3.78. The Morgan fingerprint density at radius 3 is 3.11 bits per heavy atom. The van der Waals surface area contributed by atoms with Crippen LogP contribution in [0.25, 0.3) is 0 Å². The Kier molecular flexibility index (Phi) is 4.37. The summed E-state index contributed by atoms with van der Waals surface area (Å²) in [5.41, 5.74) is 7.37. The Hall–Kier alpha value is -1.62. The van der Waals surface area contributed by atoms with Crippen molar-refractivity contribution in [1.82, 2.24) is 10.3 Å². The number of rotatable bonds is 3. The largest absolute Gasteiger partial charge is 0.367 e. The third kappa shape index (κ3) is 3.04. The predicted molar refractivity (Wildman–Crippen MR) is 76.2 cm³/mol. The van der Waals surface area contributed by atoms with E-state index < -0.39 is 0 Å². The number of hydrogen-bond donors (Lipinski definition) is 2. The standard InChI is InChI=1S/C14H22N4O/c1-10-4-6-18(12(7-10)9-15)11-3-5-17-13(8-11)14(19)16-2/h3,5,8,10,12H,4,6-7,9,15H2,1-2H3,(H,16,19). The lowest BCUT2D eigenvalue weighted by molar-refractivity contribution is 0.0958. The number of nitrogens with two attached hydrogens (primary N) is 1. The number of amides is 1. The van der Waals surface area contributed by atoms with Gasteiger partial charge < -0.3 is 16.0 Å². The van der Waals surface area contributed by atoms with Crippen LogP contribution in [0.15, 0.2) is 18.3 Å². The van der Waals surface area contributed by atoms with E-state index in [2.05, 4.69) is 22.1 Å². The highest BCUT2D eigenvalue weighted by atomic mass is 16.1. The van der Waals surface area contributed by atoms with E-state index in [-0.39, 0.29) is 5.91 Å². The minimum absolute atomic E-state index is 0.156. The fourth-order valence-corrected chi connectivity index (χ4v) is 2.67. The second kappa shape index (κ2) is 6.02. The van der Waals surface area contributed by atoms with Gasteiger partial charge in [-0.1, -0.05) is 6.92 Å². The molecule has 3 N–H and O–H groups in total. The van der Waals surface area contributed by atoms with Gasteiger partial charge in [0.1, 0.15) is 5.69 Å². The second-order valence-electron chi connectivity index (χ2n) is 5.19. The number of anilines is 1. The molecule has 1 aromatic heterocycles. The van der Waals surface area contributed by atoms with Crippen molar-refractivity contribution >= 4 is 11.6 Å². The summed E-state index contributed by atoms with van der Waals surface area (Å²) in [6.45, 7) is 3.89. The highest BCUT2D eigenvalue weighted by Crippen LogP contribution is 2.27. The molecule has 0 radical (unpaired) electrons. The molecule has 0 aromatic carbocycles. The normalized spacial score (nSPS) is 23.2. The van der Waals surface area contributed by atoms with Crippen molar-refractivity contribution in [2.75, 3.05) is 25.0 Å². The van der Waals surface area contributed by atoms with E-state index in [0.29, 0.717) is 24.2 Å². The maximum absolute atomic E-state index is 11.6. The zero-order valence-electron chi connectivity index (χ0n) is 11.6. The van der Waals surface area contributed by atoms with Crippen LogP contribution in [0, 0.1) is 5.92 Å². The van der Waals surface area contributed by atoms with Gasteiger partial charge in [0.25, 0.3) is 5.91 Å². The molecular formula is C14H22N4O. The molecule has 5 nitrogen and oxygen atoms in total. The molecule has 0 bridgehead atoms. The first-order valence-corrected chi connectivity index (χ1v) is 6.80. The fraction of sp³-hybridized carbons (Fsp3) is 0.571.